The summed E-state index contributed by atoms with van der Waals surface area (Å²) in [5, 5.41) is 78.7. The van der Waals surface area contributed by atoms with Crippen LogP contribution in [0.25, 0.3) is 10.9 Å². The highest BCUT2D eigenvalue weighted by atomic mass is 16.5. The van der Waals surface area contributed by atoms with Gasteiger partial charge in [-0.05, 0) is 69.3 Å². The number of hydrogen-bond donors (Lipinski definition) is 22. The number of anilines is 1. The lowest BCUT2D eigenvalue weighted by Crippen LogP contribution is -2.62. The number of primary amides is 1. The van der Waals surface area contributed by atoms with Gasteiger partial charge in [0, 0.05) is 47.6 Å². The first-order valence-electron chi connectivity index (χ1n) is 36.8. The number of aromatic nitrogens is 1. The van der Waals surface area contributed by atoms with E-state index in [4.69, 9.17) is 21.9 Å². The van der Waals surface area contributed by atoms with E-state index in [-0.39, 0.29) is 37.1 Å². The SMILES string of the molecule is CCCCCCCCCC(=O)N[C@@H](Cc1c[nH]c2ccccc12)C(=O)N[C@@H](CC(N)=O)C(=O)N[C@@H](CC(=O)O)C(=O)N[C@@H]1C(=O)NCC(=O)N[C@@H](CCCN)C(=O)N[C@H](CC(=O)O)C(=O)N[C@H](C)C(=O)N[C@@H](CC(=O)O)C(=O)NCC(=O)N[C@H](CO)C(=O)N[C@@H]([C@@H](C)CC(=O)O)C(=O)N[C@@H](CC(=O)c2ccccc2N)C(=O)O[C@@H]1C. The van der Waals surface area contributed by atoms with E-state index < -0.39 is 261 Å². The number of nitrogen functional groups attached to an aromatic ring is 1. The maximum atomic E-state index is 14.8. The van der Waals surface area contributed by atoms with Crippen molar-refractivity contribution in [1.82, 2.24) is 74.1 Å². The molecule has 1 fully saturated rings. The number of aliphatic hydroxyl groups excluding tert-OH is 1. The number of H-pyrrole nitrogens is 1. The largest absolute Gasteiger partial charge is 0.481 e. The molecular weight excluding hydrogens is 1520 g/mol. The maximum absolute atomic E-state index is 14.8. The number of aliphatic carboxylic acids is 4. The Morgan fingerprint density at radius 3 is 1.69 bits per heavy atom. The number of carboxylic acids is 4. The van der Waals surface area contributed by atoms with Crippen LogP contribution >= 0.6 is 0 Å². The van der Waals surface area contributed by atoms with Gasteiger partial charge in [0.05, 0.1) is 51.8 Å². The number of unbranched alkanes of at least 4 members (excludes halogenated alkanes) is 6. The number of amides is 14. The third-order valence-electron chi connectivity index (χ3n) is 17.9. The molecule has 0 saturated carbocycles. The standard InChI is InChI=1S/C72H101N17O26/c1-5-6-7-8-9-10-11-22-53(93)81-44(25-38-31-76-42-20-15-13-17-39(38)42)66(108)84-45(27-52(75)92)67(109)86-48(30-59(102)103)68(110)89-61-37(4)115-72(114)49(26-51(91)40-18-12-14-19-41(40)74)87-71(113)60(35(2)24-56(96)97)88-69(111)50(34-90)82-55(95)32-77-63(105)46(28-57(98)99)83-62(104)36(3)79-65(107)47(29-58(100)101)85-64(106)43(21-16-23-73)80-54(94)33-78-70(61)112/h12-15,17-20,31,35-37,43-50,60-61,76,90H,5-11,16,21-30,32-34,73-74H2,1-4H3,(H2,75,92)(H,77,105)(H,78,112)(H,79,107)(H,80,94)(H,81,93)(H,82,95)(H,83,104)(H,84,108)(H,85,106)(H,86,109)(H,87,113)(H,88,111)(H,89,110)(H,96,97)(H,98,99)(H,100,101)(H,102,103)/t35-,36+,37+,43-,44-,45-,46-,47+,48-,49-,50+,60-,61-/m0/s1. The molecule has 2 heterocycles. The fourth-order valence-electron chi connectivity index (χ4n) is 11.7. The first-order valence-corrected chi connectivity index (χ1v) is 36.8. The summed E-state index contributed by atoms with van der Waals surface area (Å²) < 4.78 is 5.68. The van der Waals surface area contributed by atoms with E-state index in [1.165, 1.54) is 24.3 Å². The van der Waals surface area contributed by atoms with Crippen molar-refractivity contribution >= 4 is 135 Å². The van der Waals surface area contributed by atoms with E-state index in [0.29, 0.717) is 29.3 Å². The molecule has 3 aromatic rings. The number of ether oxygens (including phenoxy) is 1. The minimum absolute atomic E-state index is 0.0186. The third-order valence-corrected chi connectivity index (χ3v) is 17.9. The predicted octanol–water partition coefficient (Wildman–Crippen LogP) is -5.62. The van der Waals surface area contributed by atoms with Gasteiger partial charge in [-0.25, -0.2) is 4.79 Å². The molecule has 14 amide bonds. The van der Waals surface area contributed by atoms with Gasteiger partial charge in [-0.15, -0.1) is 0 Å². The number of rotatable bonds is 35. The maximum Gasteiger partial charge on any atom is 0.329 e. The number of aliphatic hydroxyl groups is 1. The number of para-hydroxylation sites is 2. The molecule has 43 nitrogen and oxygen atoms in total. The van der Waals surface area contributed by atoms with Gasteiger partial charge in [0.15, 0.2) is 5.78 Å². The molecule has 43 heteroatoms. The summed E-state index contributed by atoms with van der Waals surface area (Å²) in [4.78, 5) is 276. The van der Waals surface area contributed by atoms with Crippen molar-refractivity contribution in [1.29, 1.82) is 0 Å². The molecule has 0 bridgehead atoms. The number of carboxylic acid groups (broad SMARTS) is 4. The summed E-state index contributed by atoms with van der Waals surface area (Å²) in [5.74, 6) is -29.7. The normalized spacial score (nSPS) is 21.2. The predicted molar refractivity (Wildman–Crippen MR) is 400 cm³/mol. The molecule has 0 radical (unpaired) electrons. The van der Waals surface area contributed by atoms with Crippen LogP contribution in [-0.2, 0) is 102 Å². The molecular formula is C72H101N17O26. The zero-order valence-electron chi connectivity index (χ0n) is 63.6. The lowest BCUT2D eigenvalue weighted by molar-refractivity contribution is -0.156. The third kappa shape index (κ3) is 32.5. The van der Waals surface area contributed by atoms with Gasteiger partial charge in [-0.2, -0.15) is 0 Å². The number of nitrogens with two attached hydrogens (primary N) is 3. The summed E-state index contributed by atoms with van der Waals surface area (Å²) in [6, 6.07) is -10.5. The molecule has 0 unspecified atom stereocenters. The first-order chi connectivity index (χ1) is 54.4. The van der Waals surface area contributed by atoms with E-state index in [0.717, 1.165) is 52.9 Å². The quantitative estimate of drug-likeness (QED) is 0.0113. The Labute approximate surface area is 657 Å². The molecule has 4 rings (SSSR count). The van der Waals surface area contributed by atoms with Gasteiger partial charge in [-0.1, -0.05) is 82.7 Å². The molecule has 115 heavy (non-hydrogen) atoms. The van der Waals surface area contributed by atoms with Crippen molar-refractivity contribution < 1.29 is 126 Å². The summed E-state index contributed by atoms with van der Waals surface area (Å²) in [7, 11) is 0. The number of fused-ring (bicyclic) bond motifs is 1. The molecule has 1 aliphatic heterocycles. The molecule has 2 aromatic carbocycles. The van der Waals surface area contributed by atoms with E-state index in [1.807, 2.05) is 16.0 Å². The molecule has 1 saturated heterocycles. The van der Waals surface area contributed by atoms with Crippen LogP contribution in [0.2, 0.25) is 0 Å². The summed E-state index contributed by atoms with van der Waals surface area (Å²) in [6.45, 7) is 1.11. The number of esters is 1. The van der Waals surface area contributed by atoms with Crippen molar-refractivity contribution in [3.8, 4) is 0 Å². The fraction of sp³-hybridized carbons (Fsp3) is 0.528. The van der Waals surface area contributed by atoms with E-state index in [1.54, 1.807) is 30.5 Å². The van der Waals surface area contributed by atoms with Crippen LogP contribution in [0.3, 0.4) is 0 Å². The average molecular weight is 1620 g/mol. The number of ketones is 1. The summed E-state index contributed by atoms with van der Waals surface area (Å²) in [6.07, 6.45) is -2.33. The highest BCUT2D eigenvalue weighted by Crippen LogP contribution is 2.22. The van der Waals surface area contributed by atoms with E-state index in [9.17, 15) is 121 Å². The van der Waals surface area contributed by atoms with Gasteiger partial charge >= 0.3 is 29.8 Å². The van der Waals surface area contributed by atoms with Crippen LogP contribution in [0.1, 0.15) is 146 Å². The number of carbonyl (C=O) groups is 20. The Morgan fingerprint density at radius 1 is 0.548 bits per heavy atom. The Balaban J connectivity index is 1.87. The number of cyclic esters (lactones) is 1. The van der Waals surface area contributed by atoms with E-state index in [2.05, 4.69) is 65.1 Å². The number of benzene rings is 2. The average Bonchev–Trinajstić information content (AvgIpc) is 1.72. The second-order valence-electron chi connectivity index (χ2n) is 27.2. The number of carbonyl (C=O) groups excluding carboxylic acids is 16. The van der Waals surface area contributed by atoms with Gasteiger partial charge in [0.25, 0.3) is 0 Å². The van der Waals surface area contributed by atoms with Gasteiger partial charge in [-0.3, -0.25) is 91.1 Å². The van der Waals surface area contributed by atoms with Crippen molar-refractivity contribution in [3.05, 3.63) is 65.9 Å². The fourth-order valence-corrected chi connectivity index (χ4v) is 11.7. The smallest absolute Gasteiger partial charge is 0.329 e. The molecule has 13 atom stereocenters. The molecule has 1 aliphatic rings. The van der Waals surface area contributed by atoms with Gasteiger partial charge in [0.1, 0.15) is 72.6 Å². The molecule has 25 N–H and O–H groups in total. The lowest BCUT2D eigenvalue weighted by Gasteiger charge is -2.30. The van der Waals surface area contributed by atoms with Gasteiger partial charge < -0.3 is 122 Å². The van der Waals surface area contributed by atoms with Crippen molar-refractivity contribution in [2.24, 2.45) is 17.4 Å². The van der Waals surface area contributed by atoms with Crippen LogP contribution in [0.5, 0.6) is 0 Å². The molecule has 630 valence electrons. The lowest BCUT2D eigenvalue weighted by atomic mass is 9.96. The highest BCUT2D eigenvalue weighted by Gasteiger charge is 2.41. The highest BCUT2D eigenvalue weighted by molar-refractivity contribution is 6.05. The second-order valence-corrected chi connectivity index (χ2v) is 27.2. The van der Waals surface area contributed by atoms with Crippen molar-refractivity contribution in [2.45, 2.75) is 209 Å². The van der Waals surface area contributed by atoms with Crippen molar-refractivity contribution in [2.75, 3.05) is 32.0 Å². The Morgan fingerprint density at radius 2 is 1.09 bits per heavy atom. The first kappa shape index (κ1) is 94.7. The Bertz CT molecular complexity index is 4040. The van der Waals surface area contributed by atoms with Crippen LogP contribution in [0, 0.1) is 5.92 Å². The topological polar surface area (TPSA) is 702 Å². The van der Waals surface area contributed by atoms with Crippen LogP contribution < -0.4 is 86.3 Å². The molecule has 0 spiro atoms. The summed E-state index contributed by atoms with van der Waals surface area (Å²) in [5.41, 5.74) is 18.1. The van der Waals surface area contributed by atoms with E-state index >= 15 is 0 Å². The molecule has 1 aromatic heterocycles. The van der Waals surface area contributed by atoms with Crippen LogP contribution in [-0.4, -0.2) is 248 Å². The molecule has 0 aliphatic carbocycles. The monoisotopic (exact) mass is 1620 g/mol. The minimum atomic E-state index is -2.45. The summed E-state index contributed by atoms with van der Waals surface area (Å²) >= 11 is 0. The van der Waals surface area contributed by atoms with Crippen molar-refractivity contribution in [3.63, 3.8) is 0 Å². The number of hydrogen-bond acceptors (Lipinski definition) is 24. The Kier molecular flexibility index (Phi) is 39.2. The van der Waals surface area contributed by atoms with Gasteiger partial charge in [0.2, 0.25) is 82.7 Å². The van der Waals surface area contributed by atoms with Crippen LogP contribution in [0.4, 0.5) is 5.69 Å². The number of nitrogens with one attached hydrogen (secondary N) is 14. The Hall–Kier alpha value is -12.7. The zero-order chi connectivity index (χ0) is 85.8. The number of Topliss-reactive ketones (excluding diaryl/α,β-unsaturated/α-hetero) is 1. The number of aromatic amines is 1. The van der Waals surface area contributed by atoms with Crippen LogP contribution in [0.15, 0.2) is 54.7 Å². The minimum Gasteiger partial charge on any atom is -0.481 e. The zero-order valence-corrected chi connectivity index (χ0v) is 63.6. The second kappa shape index (κ2) is 47.6.